The van der Waals surface area contributed by atoms with Gasteiger partial charge in [0.25, 0.3) is 0 Å². The second kappa shape index (κ2) is 3.92. The van der Waals surface area contributed by atoms with E-state index in [9.17, 15) is 9.90 Å². The van der Waals surface area contributed by atoms with Crippen LogP contribution in [0.5, 0.6) is 5.75 Å². The number of phenols is 1. The van der Waals surface area contributed by atoms with Crippen LogP contribution < -0.4 is 5.69 Å². The van der Waals surface area contributed by atoms with Gasteiger partial charge in [0.15, 0.2) is 0 Å². The number of phenolic OH excluding ortho intramolecular Hbond substituents is 1. The van der Waals surface area contributed by atoms with Gasteiger partial charge in [0.2, 0.25) is 0 Å². The number of hydrogen-bond acceptors (Lipinski definition) is 2. The van der Waals surface area contributed by atoms with E-state index in [4.69, 9.17) is 11.6 Å². The minimum absolute atomic E-state index is 0.0421. The Hall–Kier alpha value is -2.20. The zero-order chi connectivity index (χ0) is 12.7. The molecule has 0 aliphatic carbocycles. The Morgan fingerprint density at radius 3 is 2.72 bits per heavy atom. The number of nitrogens with one attached hydrogen (secondary N) is 1. The Morgan fingerprint density at radius 1 is 1.17 bits per heavy atom. The summed E-state index contributed by atoms with van der Waals surface area (Å²) in [6.07, 6.45) is 0. The summed E-state index contributed by atoms with van der Waals surface area (Å²) in [6.45, 7) is 0. The molecule has 90 valence electrons. The normalized spacial score (nSPS) is 10.9. The molecule has 0 unspecified atom stereocenters. The van der Waals surface area contributed by atoms with Gasteiger partial charge in [-0.2, -0.15) is 0 Å². The summed E-state index contributed by atoms with van der Waals surface area (Å²) in [7, 11) is 0. The van der Waals surface area contributed by atoms with Crippen molar-refractivity contribution in [1.29, 1.82) is 0 Å². The third kappa shape index (κ3) is 1.58. The summed E-state index contributed by atoms with van der Waals surface area (Å²) in [5, 5.41) is 10.4. The molecule has 1 heterocycles. The Bertz CT molecular complexity index is 789. The van der Waals surface area contributed by atoms with Crippen LogP contribution in [-0.2, 0) is 0 Å². The molecule has 18 heavy (non-hydrogen) atoms. The molecular weight excluding hydrogens is 252 g/mol. The molecule has 0 saturated carbocycles. The minimum atomic E-state index is -0.311. The zero-order valence-corrected chi connectivity index (χ0v) is 9.98. The van der Waals surface area contributed by atoms with E-state index in [1.54, 1.807) is 36.4 Å². The summed E-state index contributed by atoms with van der Waals surface area (Å²) in [5.41, 5.74) is 1.42. The van der Waals surface area contributed by atoms with Crippen molar-refractivity contribution in [2.24, 2.45) is 0 Å². The largest absolute Gasteiger partial charge is 0.506 e. The van der Waals surface area contributed by atoms with E-state index < -0.39 is 0 Å². The molecule has 0 aliphatic heterocycles. The number of imidazole rings is 1. The van der Waals surface area contributed by atoms with Gasteiger partial charge in [-0.3, -0.25) is 4.57 Å². The van der Waals surface area contributed by atoms with Crippen LogP contribution in [0.1, 0.15) is 0 Å². The first-order chi connectivity index (χ1) is 8.66. The van der Waals surface area contributed by atoms with Crippen LogP contribution in [-0.4, -0.2) is 14.7 Å². The average molecular weight is 261 g/mol. The zero-order valence-electron chi connectivity index (χ0n) is 9.22. The molecule has 3 aromatic rings. The average Bonchev–Trinajstić information content (AvgIpc) is 2.66. The fourth-order valence-corrected chi connectivity index (χ4v) is 2.13. The molecule has 0 aliphatic rings. The first-order valence-electron chi connectivity index (χ1n) is 5.35. The summed E-state index contributed by atoms with van der Waals surface area (Å²) in [6, 6.07) is 11.8. The van der Waals surface area contributed by atoms with Gasteiger partial charge < -0.3 is 10.1 Å². The SMILES string of the molecule is O=c1[nH]c2ccc(Cl)cc2n1-c1ccccc1O. The molecule has 3 rings (SSSR count). The maximum absolute atomic E-state index is 12.0. The van der Waals surface area contributed by atoms with E-state index in [2.05, 4.69) is 4.98 Å². The van der Waals surface area contributed by atoms with E-state index in [1.807, 2.05) is 0 Å². The molecule has 2 aromatic carbocycles. The highest BCUT2D eigenvalue weighted by Gasteiger charge is 2.11. The molecule has 0 radical (unpaired) electrons. The van der Waals surface area contributed by atoms with Crippen molar-refractivity contribution in [3.8, 4) is 11.4 Å². The second-order valence-corrected chi connectivity index (χ2v) is 4.35. The summed E-state index contributed by atoms with van der Waals surface area (Å²) >= 11 is 5.94. The van der Waals surface area contributed by atoms with Crippen LogP contribution >= 0.6 is 11.6 Å². The van der Waals surface area contributed by atoms with Gasteiger partial charge >= 0.3 is 5.69 Å². The number of benzene rings is 2. The standard InChI is InChI=1S/C13H9ClN2O2/c14-8-5-6-9-11(7-8)16(13(18)15-9)10-3-1-2-4-12(10)17/h1-7,17H,(H,15,18). The highest BCUT2D eigenvalue weighted by molar-refractivity contribution is 6.31. The number of hydrogen-bond donors (Lipinski definition) is 2. The number of nitrogens with zero attached hydrogens (tertiary/aromatic N) is 1. The summed E-state index contributed by atoms with van der Waals surface area (Å²) in [5.74, 6) is 0.0421. The lowest BCUT2D eigenvalue weighted by molar-refractivity contribution is 0.472. The maximum atomic E-state index is 12.0. The quantitative estimate of drug-likeness (QED) is 0.707. The first kappa shape index (κ1) is 10.9. The molecule has 0 amide bonds. The number of aromatic hydroxyl groups is 1. The molecule has 5 heteroatoms. The van der Waals surface area contributed by atoms with E-state index in [1.165, 1.54) is 10.6 Å². The van der Waals surface area contributed by atoms with Crippen LogP contribution in [0, 0.1) is 0 Å². The molecule has 4 nitrogen and oxygen atoms in total. The van der Waals surface area contributed by atoms with Gasteiger partial charge in [-0.1, -0.05) is 23.7 Å². The number of rotatable bonds is 1. The lowest BCUT2D eigenvalue weighted by atomic mass is 10.2. The van der Waals surface area contributed by atoms with Crippen molar-refractivity contribution >= 4 is 22.6 Å². The second-order valence-electron chi connectivity index (χ2n) is 3.92. The third-order valence-electron chi connectivity index (χ3n) is 2.77. The first-order valence-corrected chi connectivity index (χ1v) is 5.73. The van der Waals surface area contributed by atoms with Gasteiger partial charge in [-0.15, -0.1) is 0 Å². The Kier molecular flexibility index (Phi) is 2.38. The molecule has 0 bridgehead atoms. The molecular formula is C13H9ClN2O2. The summed E-state index contributed by atoms with van der Waals surface area (Å²) in [4.78, 5) is 14.7. The fourth-order valence-electron chi connectivity index (χ4n) is 1.97. The predicted octanol–water partition coefficient (Wildman–Crippen LogP) is 2.68. The van der Waals surface area contributed by atoms with Crippen molar-refractivity contribution in [3.05, 3.63) is 58.0 Å². The van der Waals surface area contributed by atoms with Crippen molar-refractivity contribution in [2.45, 2.75) is 0 Å². The lowest BCUT2D eigenvalue weighted by Crippen LogP contribution is -2.14. The number of halogens is 1. The summed E-state index contributed by atoms with van der Waals surface area (Å²) < 4.78 is 1.40. The van der Waals surface area contributed by atoms with Crippen molar-refractivity contribution in [3.63, 3.8) is 0 Å². The van der Waals surface area contributed by atoms with E-state index >= 15 is 0 Å². The molecule has 0 saturated heterocycles. The van der Waals surface area contributed by atoms with Crippen molar-refractivity contribution < 1.29 is 5.11 Å². The number of para-hydroxylation sites is 2. The minimum Gasteiger partial charge on any atom is -0.506 e. The van der Waals surface area contributed by atoms with Crippen LogP contribution in [0.3, 0.4) is 0 Å². The third-order valence-corrected chi connectivity index (χ3v) is 3.00. The maximum Gasteiger partial charge on any atom is 0.331 e. The van der Waals surface area contributed by atoms with Crippen LogP contribution in [0.4, 0.5) is 0 Å². The molecule has 0 atom stereocenters. The Balaban J connectivity index is 2.42. The van der Waals surface area contributed by atoms with E-state index in [-0.39, 0.29) is 11.4 Å². The van der Waals surface area contributed by atoms with Gasteiger partial charge in [0, 0.05) is 5.02 Å². The van der Waals surface area contributed by atoms with Crippen LogP contribution in [0.2, 0.25) is 5.02 Å². The van der Waals surface area contributed by atoms with E-state index in [0.717, 1.165) is 0 Å². The van der Waals surface area contributed by atoms with E-state index in [0.29, 0.717) is 21.7 Å². The fraction of sp³-hybridized carbons (Fsp3) is 0. The number of H-pyrrole nitrogens is 1. The number of fused-ring (bicyclic) bond motifs is 1. The predicted molar refractivity (Wildman–Crippen MR) is 70.6 cm³/mol. The highest BCUT2D eigenvalue weighted by Crippen LogP contribution is 2.24. The molecule has 0 fully saturated rings. The Morgan fingerprint density at radius 2 is 1.94 bits per heavy atom. The Labute approximate surface area is 107 Å². The van der Waals surface area contributed by atoms with Crippen molar-refractivity contribution in [2.75, 3.05) is 0 Å². The monoisotopic (exact) mass is 260 g/mol. The van der Waals surface area contributed by atoms with Gasteiger partial charge in [0.1, 0.15) is 5.75 Å². The molecule has 2 N–H and O–H groups in total. The van der Waals surface area contributed by atoms with Crippen molar-refractivity contribution in [1.82, 2.24) is 9.55 Å². The number of aromatic amines is 1. The van der Waals surface area contributed by atoms with Crippen LogP contribution in [0.15, 0.2) is 47.3 Å². The van der Waals surface area contributed by atoms with Gasteiger partial charge in [-0.25, -0.2) is 4.79 Å². The highest BCUT2D eigenvalue weighted by atomic mass is 35.5. The van der Waals surface area contributed by atoms with Gasteiger partial charge in [0.05, 0.1) is 16.7 Å². The van der Waals surface area contributed by atoms with Gasteiger partial charge in [-0.05, 0) is 30.3 Å². The lowest BCUT2D eigenvalue weighted by Gasteiger charge is -2.05. The molecule has 1 aromatic heterocycles. The number of aromatic nitrogens is 2. The molecule has 0 spiro atoms. The van der Waals surface area contributed by atoms with Crippen LogP contribution in [0.25, 0.3) is 16.7 Å². The smallest absolute Gasteiger partial charge is 0.331 e. The topological polar surface area (TPSA) is 58.0 Å².